The summed E-state index contributed by atoms with van der Waals surface area (Å²) in [6.07, 6.45) is 1.60. The lowest BCUT2D eigenvalue weighted by Gasteiger charge is -2.39. The molecule has 1 amide bonds. The summed E-state index contributed by atoms with van der Waals surface area (Å²) >= 11 is 0. The molecule has 2 rings (SSSR count). The Bertz CT molecular complexity index is 537. The van der Waals surface area contributed by atoms with Gasteiger partial charge in [0.2, 0.25) is 0 Å². The monoisotopic (exact) mass is 379 g/mol. The summed E-state index contributed by atoms with van der Waals surface area (Å²) in [6.45, 7) is 10.2. The summed E-state index contributed by atoms with van der Waals surface area (Å²) in [5, 5.41) is 0. The lowest BCUT2D eigenvalue weighted by molar-refractivity contribution is -0.0666. The second-order valence-corrected chi connectivity index (χ2v) is 7.74. The zero-order valence-corrected chi connectivity index (χ0v) is 16.8. The van der Waals surface area contributed by atoms with Crippen LogP contribution < -0.4 is 0 Å². The Morgan fingerprint density at radius 1 is 1.00 bits per heavy atom. The number of carbonyl (C=O) groups is 1. The van der Waals surface area contributed by atoms with Crippen LogP contribution in [-0.2, 0) is 25.6 Å². The molecule has 0 aliphatic carbocycles. The second kappa shape index (κ2) is 11.3. The molecule has 1 fully saturated rings. The van der Waals surface area contributed by atoms with E-state index in [9.17, 15) is 4.79 Å². The highest BCUT2D eigenvalue weighted by Gasteiger charge is 2.34. The van der Waals surface area contributed by atoms with E-state index in [1.807, 2.05) is 39.0 Å². The van der Waals surface area contributed by atoms with Gasteiger partial charge in [-0.3, -0.25) is 0 Å². The first-order valence-corrected chi connectivity index (χ1v) is 9.73. The molecule has 0 bridgehead atoms. The molecule has 0 N–H and O–H groups in total. The van der Waals surface area contributed by atoms with Crippen molar-refractivity contribution in [2.75, 3.05) is 39.5 Å². The van der Waals surface area contributed by atoms with Crippen molar-refractivity contribution in [3.05, 3.63) is 35.9 Å². The summed E-state index contributed by atoms with van der Waals surface area (Å²) < 4.78 is 22.2. The lowest BCUT2D eigenvalue weighted by atomic mass is 10.2. The van der Waals surface area contributed by atoms with Crippen molar-refractivity contribution >= 4 is 6.09 Å². The molecule has 1 saturated heterocycles. The third-order valence-corrected chi connectivity index (χ3v) is 3.98. The number of carbonyl (C=O) groups excluding carboxylic acids is 1. The Labute approximate surface area is 162 Å². The first-order valence-electron chi connectivity index (χ1n) is 9.73. The number of rotatable bonds is 11. The van der Waals surface area contributed by atoms with Gasteiger partial charge in [0, 0.05) is 26.4 Å². The summed E-state index contributed by atoms with van der Waals surface area (Å²) in [5.74, 6) is 0. The fourth-order valence-electron chi connectivity index (χ4n) is 2.56. The second-order valence-electron chi connectivity index (χ2n) is 7.74. The predicted molar refractivity (Wildman–Crippen MR) is 104 cm³/mol. The molecule has 1 aromatic rings. The van der Waals surface area contributed by atoms with Crippen molar-refractivity contribution in [1.29, 1.82) is 0 Å². The fourth-order valence-corrected chi connectivity index (χ4v) is 2.56. The Kier molecular flexibility index (Phi) is 9.04. The van der Waals surface area contributed by atoms with Crippen molar-refractivity contribution < 1.29 is 23.7 Å². The molecule has 0 aromatic heterocycles. The molecule has 1 heterocycles. The molecule has 0 spiro atoms. The standard InChI is InChI=1S/C21H33NO5/c1-21(2,3)27-20(23)22-15-19(16-22)26-14-8-12-24-11-7-13-25-17-18-9-5-4-6-10-18/h4-6,9-10,19H,7-8,11-17H2,1-3H3. The molecule has 0 saturated carbocycles. The Balaban J connectivity index is 1.35. The molecular weight excluding hydrogens is 346 g/mol. The van der Waals surface area contributed by atoms with Crippen LogP contribution in [0.2, 0.25) is 0 Å². The molecular formula is C21H33NO5. The predicted octanol–water partition coefficient (Wildman–Crippen LogP) is 3.64. The molecule has 1 aliphatic heterocycles. The number of likely N-dealkylation sites (tertiary alicyclic amines) is 1. The maximum Gasteiger partial charge on any atom is 0.410 e. The van der Waals surface area contributed by atoms with E-state index in [1.54, 1.807) is 4.90 Å². The van der Waals surface area contributed by atoms with Gasteiger partial charge >= 0.3 is 6.09 Å². The number of ether oxygens (including phenoxy) is 4. The number of amides is 1. The van der Waals surface area contributed by atoms with E-state index in [-0.39, 0.29) is 12.2 Å². The molecule has 6 nitrogen and oxygen atoms in total. The number of hydrogen-bond donors (Lipinski definition) is 0. The van der Waals surface area contributed by atoms with Gasteiger partial charge in [-0.25, -0.2) is 4.79 Å². The van der Waals surface area contributed by atoms with Gasteiger partial charge in [0.05, 0.1) is 25.8 Å². The van der Waals surface area contributed by atoms with Gasteiger partial charge in [0.15, 0.2) is 0 Å². The van der Waals surface area contributed by atoms with Crippen molar-refractivity contribution in [1.82, 2.24) is 4.90 Å². The minimum atomic E-state index is -0.451. The van der Waals surface area contributed by atoms with E-state index >= 15 is 0 Å². The fraction of sp³-hybridized carbons (Fsp3) is 0.667. The van der Waals surface area contributed by atoms with E-state index in [4.69, 9.17) is 18.9 Å². The van der Waals surface area contributed by atoms with Crippen LogP contribution in [0.4, 0.5) is 4.79 Å². The third-order valence-electron chi connectivity index (χ3n) is 3.98. The quantitative estimate of drug-likeness (QED) is 0.550. The molecule has 0 atom stereocenters. The summed E-state index contributed by atoms with van der Waals surface area (Å²) in [5.41, 5.74) is 0.740. The number of nitrogens with zero attached hydrogens (tertiary/aromatic N) is 1. The van der Waals surface area contributed by atoms with E-state index in [2.05, 4.69) is 12.1 Å². The molecule has 27 heavy (non-hydrogen) atoms. The highest BCUT2D eigenvalue weighted by molar-refractivity contribution is 5.69. The zero-order chi connectivity index (χ0) is 19.5. The first-order chi connectivity index (χ1) is 12.9. The smallest absolute Gasteiger partial charge is 0.410 e. The van der Waals surface area contributed by atoms with Crippen LogP contribution >= 0.6 is 0 Å². The van der Waals surface area contributed by atoms with Crippen molar-refractivity contribution in [3.8, 4) is 0 Å². The summed E-state index contributed by atoms with van der Waals surface area (Å²) in [4.78, 5) is 13.5. The van der Waals surface area contributed by atoms with Gasteiger partial charge in [0.25, 0.3) is 0 Å². The number of hydrogen-bond acceptors (Lipinski definition) is 5. The molecule has 1 aromatic carbocycles. The van der Waals surface area contributed by atoms with Gasteiger partial charge < -0.3 is 23.8 Å². The minimum absolute atomic E-state index is 0.115. The van der Waals surface area contributed by atoms with Crippen LogP contribution in [0.25, 0.3) is 0 Å². The van der Waals surface area contributed by atoms with Crippen molar-refractivity contribution in [2.45, 2.75) is 51.9 Å². The molecule has 6 heteroatoms. The SMILES string of the molecule is CC(C)(C)OC(=O)N1CC(OCCCOCCCOCc2ccccc2)C1. The van der Waals surface area contributed by atoms with Crippen LogP contribution in [0.5, 0.6) is 0 Å². The summed E-state index contributed by atoms with van der Waals surface area (Å²) in [7, 11) is 0. The normalized spacial score (nSPS) is 14.9. The van der Waals surface area contributed by atoms with E-state index in [0.717, 1.165) is 12.8 Å². The maximum atomic E-state index is 11.8. The Hall–Kier alpha value is -1.63. The number of benzene rings is 1. The van der Waals surface area contributed by atoms with E-state index < -0.39 is 5.60 Å². The molecule has 0 unspecified atom stereocenters. The highest BCUT2D eigenvalue weighted by atomic mass is 16.6. The van der Waals surface area contributed by atoms with E-state index in [0.29, 0.717) is 46.1 Å². The van der Waals surface area contributed by atoms with Crippen LogP contribution in [0.15, 0.2) is 30.3 Å². The minimum Gasteiger partial charge on any atom is -0.444 e. The van der Waals surface area contributed by atoms with Gasteiger partial charge in [-0.15, -0.1) is 0 Å². The van der Waals surface area contributed by atoms with Crippen molar-refractivity contribution in [2.24, 2.45) is 0 Å². The molecule has 1 aliphatic rings. The van der Waals surface area contributed by atoms with Gasteiger partial charge in [0.1, 0.15) is 5.60 Å². The van der Waals surface area contributed by atoms with Crippen LogP contribution in [0.3, 0.4) is 0 Å². The Morgan fingerprint density at radius 2 is 1.63 bits per heavy atom. The molecule has 0 radical (unpaired) electrons. The topological polar surface area (TPSA) is 57.2 Å². The highest BCUT2D eigenvalue weighted by Crippen LogP contribution is 2.17. The first kappa shape index (κ1) is 21.7. The van der Waals surface area contributed by atoms with Crippen LogP contribution in [0.1, 0.15) is 39.2 Å². The molecule has 152 valence electrons. The van der Waals surface area contributed by atoms with Gasteiger partial charge in [-0.2, -0.15) is 0 Å². The average molecular weight is 379 g/mol. The maximum absolute atomic E-state index is 11.8. The largest absolute Gasteiger partial charge is 0.444 e. The third kappa shape index (κ3) is 9.22. The van der Waals surface area contributed by atoms with Crippen LogP contribution in [0, 0.1) is 0 Å². The zero-order valence-electron chi connectivity index (χ0n) is 16.8. The average Bonchev–Trinajstić information content (AvgIpc) is 2.57. The van der Waals surface area contributed by atoms with Crippen LogP contribution in [-0.4, -0.2) is 62.2 Å². The van der Waals surface area contributed by atoms with Crippen molar-refractivity contribution in [3.63, 3.8) is 0 Å². The van der Waals surface area contributed by atoms with E-state index in [1.165, 1.54) is 5.56 Å². The van der Waals surface area contributed by atoms with Gasteiger partial charge in [-0.1, -0.05) is 30.3 Å². The lowest BCUT2D eigenvalue weighted by Crippen LogP contribution is -2.56. The van der Waals surface area contributed by atoms with Gasteiger partial charge in [-0.05, 0) is 39.2 Å². The summed E-state index contributed by atoms with van der Waals surface area (Å²) in [6, 6.07) is 10.2. The Morgan fingerprint density at radius 3 is 2.30 bits per heavy atom.